The molecule has 1 aromatic carbocycles. The summed E-state index contributed by atoms with van der Waals surface area (Å²) in [4.78, 5) is 40.4. The first-order valence-corrected chi connectivity index (χ1v) is 10.9. The van der Waals surface area contributed by atoms with Gasteiger partial charge in [0, 0.05) is 25.1 Å². The fourth-order valence-corrected chi connectivity index (χ4v) is 4.14. The zero-order valence-electron chi connectivity index (χ0n) is 17.8. The lowest BCUT2D eigenvalue weighted by molar-refractivity contribution is -0.136. The Morgan fingerprint density at radius 2 is 2.00 bits per heavy atom. The molecule has 3 amide bonds. The third-order valence-corrected chi connectivity index (χ3v) is 5.88. The van der Waals surface area contributed by atoms with Crippen LogP contribution in [0, 0.1) is 0 Å². The fraction of sp³-hybridized carbons (Fsp3) is 0.591. The number of hydrogen-bond donors (Lipinski definition) is 3. The van der Waals surface area contributed by atoms with Gasteiger partial charge >= 0.3 is 0 Å². The second-order valence-electron chi connectivity index (χ2n) is 8.17. The van der Waals surface area contributed by atoms with Gasteiger partial charge in [-0.3, -0.25) is 19.7 Å². The number of carbonyl (C=O) groups excluding carboxylic acids is 3. The summed E-state index contributed by atoms with van der Waals surface area (Å²) in [6.45, 7) is 4.87. The van der Waals surface area contributed by atoms with Gasteiger partial charge in [0.2, 0.25) is 11.8 Å². The molecular weight excluding hydrogens is 382 g/mol. The number of hydrogen-bond acceptors (Lipinski definition) is 6. The number of piperidine rings is 1. The maximum atomic E-state index is 12.9. The molecule has 0 aromatic heterocycles. The van der Waals surface area contributed by atoms with Crippen molar-refractivity contribution in [3.8, 4) is 0 Å². The third kappa shape index (κ3) is 5.44. The first-order chi connectivity index (χ1) is 14.5. The van der Waals surface area contributed by atoms with E-state index < -0.39 is 6.04 Å². The summed E-state index contributed by atoms with van der Waals surface area (Å²) >= 11 is 0. The summed E-state index contributed by atoms with van der Waals surface area (Å²) in [7, 11) is 2.13. The lowest BCUT2D eigenvalue weighted by Crippen LogP contribution is -2.52. The minimum Gasteiger partial charge on any atom is -0.330 e. The Hall–Kier alpha value is -2.29. The lowest BCUT2D eigenvalue weighted by atomic mass is 10.0. The summed E-state index contributed by atoms with van der Waals surface area (Å²) in [5, 5.41) is 5.83. The van der Waals surface area contributed by atoms with Crippen molar-refractivity contribution < 1.29 is 14.4 Å². The van der Waals surface area contributed by atoms with E-state index in [1.165, 1.54) is 0 Å². The number of unbranched alkanes of at least 4 members (excludes halogenated alkanes) is 1. The van der Waals surface area contributed by atoms with Crippen LogP contribution in [0.2, 0.25) is 0 Å². The highest BCUT2D eigenvalue weighted by Gasteiger charge is 2.39. The number of nitrogens with two attached hydrogens (primary N) is 1. The Bertz CT molecular complexity index is 782. The number of rotatable bonds is 11. The third-order valence-electron chi connectivity index (χ3n) is 5.88. The van der Waals surface area contributed by atoms with Crippen molar-refractivity contribution in [3.63, 3.8) is 0 Å². The summed E-state index contributed by atoms with van der Waals surface area (Å²) < 4.78 is 0. The second kappa shape index (κ2) is 10.7. The molecule has 1 saturated heterocycles. The number of imide groups is 1. The van der Waals surface area contributed by atoms with E-state index in [0.29, 0.717) is 25.1 Å². The standard InChI is InChI=1S/C22H33N5O3/c1-26(13-5-10-23)12-3-2-11-24-14-16-6-4-7-17-18(16)15-27(22(17)30)19-8-9-20(28)25-21(19)29/h4,6-7,19,24H,2-3,5,8-15,23H2,1H3,(H,25,28,29). The average molecular weight is 416 g/mol. The van der Waals surface area contributed by atoms with Crippen LogP contribution in [0.3, 0.4) is 0 Å². The molecule has 3 rings (SSSR count). The van der Waals surface area contributed by atoms with E-state index >= 15 is 0 Å². The van der Waals surface area contributed by atoms with Gasteiger partial charge in [-0.1, -0.05) is 12.1 Å². The van der Waals surface area contributed by atoms with E-state index in [4.69, 9.17) is 5.73 Å². The number of carbonyl (C=O) groups is 3. The zero-order chi connectivity index (χ0) is 21.5. The minimum atomic E-state index is -0.570. The van der Waals surface area contributed by atoms with Gasteiger partial charge in [0.25, 0.3) is 5.91 Å². The Labute approximate surface area is 178 Å². The molecule has 0 spiro atoms. The van der Waals surface area contributed by atoms with E-state index in [1.807, 2.05) is 18.2 Å². The van der Waals surface area contributed by atoms with Crippen LogP contribution in [-0.4, -0.2) is 66.8 Å². The maximum absolute atomic E-state index is 12.9. The molecule has 0 aliphatic carbocycles. The highest BCUT2D eigenvalue weighted by Crippen LogP contribution is 2.29. The Kier molecular flexibility index (Phi) is 7.95. The minimum absolute atomic E-state index is 0.123. The molecule has 8 heteroatoms. The zero-order valence-corrected chi connectivity index (χ0v) is 17.8. The second-order valence-corrected chi connectivity index (χ2v) is 8.17. The monoisotopic (exact) mass is 415 g/mol. The molecule has 1 unspecified atom stereocenters. The van der Waals surface area contributed by atoms with Crippen LogP contribution >= 0.6 is 0 Å². The van der Waals surface area contributed by atoms with Crippen molar-refractivity contribution in [1.82, 2.24) is 20.4 Å². The number of benzene rings is 1. The highest BCUT2D eigenvalue weighted by molar-refractivity contribution is 6.05. The molecule has 1 aromatic rings. The molecule has 2 aliphatic heterocycles. The molecule has 1 atom stereocenters. The van der Waals surface area contributed by atoms with Crippen LogP contribution in [0.4, 0.5) is 0 Å². The topological polar surface area (TPSA) is 108 Å². The smallest absolute Gasteiger partial charge is 0.255 e. The molecule has 1 fully saturated rings. The van der Waals surface area contributed by atoms with E-state index in [0.717, 1.165) is 56.6 Å². The summed E-state index contributed by atoms with van der Waals surface area (Å²) in [6, 6.07) is 5.19. The molecule has 2 heterocycles. The van der Waals surface area contributed by atoms with Crippen LogP contribution in [0.25, 0.3) is 0 Å². The van der Waals surface area contributed by atoms with E-state index in [-0.39, 0.29) is 24.1 Å². The molecule has 30 heavy (non-hydrogen) atoms. The molecular formula is C22H33N5O3. The summed E-state index contributed by atoms with van der Waals surface area (Å²) in [5.74, 6) is -0.763. The van der Waals surface area contributed by atoms with Crippen molar-refractivity contribution in [2.75, 3.05) is 33.2 Å². The van der Waals surface area contributed by atoms with Gasteiger partial charge in [-0.2, -0.15) is 0 Å². The van der Waals surface area contributed by atoms with Crippen LogP contribution < -0.4 is 16.4 Å². The Morgan fingerprint density at radius 1 is 1.20 bits per heavy atom. The molecule has 0 saturated carbocycles. The number of nitrogens with one attached hydrogen (secondary N) is 2. The fourth-order valence-electron chi connectivity index (χ4n) is 4.14. The largest absolute Gasteiger partial charge is 0.330 e. The maximum Gasteiger partial charge on any atom is 0.255 e. The molecule has 2 aliphatic rings. The van der Waals surface area contributed by atoms with Crippen molar-refractivity contribution in [1.29, 1.82) is 0 Å². The van der Waals surface area contributed by atoms with Crippen LogP contribution in [0.15, 0.2) is 18.2 Å². The van der Waals surface area contributed by atoms with Crippen molar-refractivity contribution in [2.45, 2.75) is 51.2 Å². The van der Waals surface area contributed by atoms with Crippen molar-refractivity contribution >= 4 is 17.7 Å². The number of fused-ring (bicyclic) bond motifs is 1. The highest BCUT2D eigenvalue weighted by atomic mass is 16.2. The number of nitrogens with zero attached hydrogens (tertiary/aromatic N) is 2. The Morgan fingerprint density at radius 3 is 2.77 bits per heavy atom. The molecule has 4 N–H and O–H groups in total. The van der Waals surface area contributed by atoms with Gasteiger partial charge in [0.05, 0.1) is 0 Å². The Balaban J connectivity index is 1.49. The van der Waals surface area contributed by atoms with Gasteiger partial charge in [-0.05, 0) is 76.1 Å². The normalized spacial score (nSPS) is 18.8. The van der Waals surface area contributed by atoms with Crippen molar-refractivity contribution in [3.05, 3.63) is 34.9 Å². The van der Waals surface area contributed by atoms with Crippen LogP contribution in [-0.2, 0) is 22.7 Å². The summed E-state index contributed by atoms with van der Waals surface area (Å²) in [6.07, 6.45) is 3.90. The predicted octanol–water partition coefficient (Wildman–Crippen LogP) is 0.598. The SMILES string of the molecule is CN(CCCN)CCCCNCc1cccc2c1CN(C1CCC(=O)NC1=O)C2=O. The van der Waals surface area contributed by atoms with Gasteiger partial charge in [-0.15, -0.1) is 0 Å². The van der Waals surface area contributed by atoms with Crippen LogP contribution in [0.5, 0.6) is 0 Å². The van der Waals surface area contributed by atoms with Crippen LogP contribution in [0.1, 0.15) is 53.6 Å². The quantitative estimate of drug-likeness (QED) is 0.361. The first kappa shape index (κ1) is 22.4. The van der Waals surface area contributed by atoms with Gasteiger partial charge in [-0.25, -0.2) is 0 Å². The van der Waals surface area contributed by atoms with Gasteiger partial charge in [0.1, 0.15) is 6.04 Å². The average Bonchev–Trinajstić information content (AvgIpc) is 3.06. The molecule has 0 bridgehead atoms. The van der Waals surface area contributed by atoms with Gasteiger partial charge < -0.3 is 20.9 Å². The van der Waals surface area contributed by atoms with Gasteiger partial charge in [0.15, 0.2) is 0 Å². The van der Waals surface area contributed by atoms with E-state index in [2.05, 4.69) is 22.6 Å². The summed E-state index contributed by atoms with van der Waals surface area (Å²) in [5.41, 5.74) is 8.29. The van der Waals surface area contributed by atoms with E-state index in [9.17, 15) is 14.4 Å². The number of amides is 3. The van der Waals surface area contributed by atoms with E-state index in [1.54, 1.807) is 4.90 Å². The molecule has 0 radical (unpaired) electrons. The predicted molar refractivity (Wildman–Crippen MR) is 115 cm³/mol. The van der Waals surface area contributed by atoms with Crippen molar-refractivity contribution in [2.24, 2.45) is 5.73 Å². The molecule has 164 valence electrons. The molecule has 8 nitrogen and oxygen atoms in total. The first-order valence-electron chi connectivity index (χ1n) is 10.9. The lowest BCUT2D eigenvalue weighted by Gasteiger charge is -2.29.